The molecule has 5 rings (SSSR count). The summed E-state index contributed by atoms with van der Waals surface area (Å²) in [6.07, 6.45) is 4.72. The normalized spacial score (nSPS) is 33.9. The van der Waals surface area contributed by atoms with Gasteiger partial charge in [0, 0.05) is 43.6 Å². The molecule has 1 aromatic heterocycles. The fourth-order valence-electron chi connectivity index (χ4n) is 5.21. The third kappa shape index (κ3) is 2.31. The van der Waals surface area contributed by atoms with Crippen LogP contribution in [-0.4, -0.2) is 64.1 Å². The van der Waals surface area contributed by atoms with Gasteiger partial charge in [0.25, 0.3) is 5.91 Å². The van der Waals surface area contributed by atoms with E-state index in [2.05, 4.69) is 14.9 Å². The van der Waals surface area contributed by atoms with Crippen molar-refractivity contribution in [3.05, 3.63) is 18.1 Å². The SMILES string of the molecule is NC(=O)c1cc(N2CC3(CCN(C(=O)C4CC45CC(O)C5)C3)C2)ncn1. The summed E-state index contributed by atoms with van der Waals surface area (Å²) in [4.78, 5) is 36.3. The molecule has 2 saturated heterocycles. The number of hydrogen-bond acceptors (Lipinski definition) is 6. The quantitative estimate of drug-likeness (QED) is 0.773. The highest BCUT2D eigenvalue weighted by atomic mass is 16.3. The van der Waals surface area contributed by atoms with Crippen LogP contribution in [0.4, 0.5) is 5.82 Å². The van der Waals surface area contributed by atoms with Crippen LogP contribution in [0.3, 0.4) is 0 Å². The molecule has 1 unspecified atom stereocenters. The first-order chi connectivity index (χ1) is 12.4. The van der Waals surface area contributed by atoms with E-state index in [1.165, 1.54) is 6.33 Å². The molecule has 0 aromatic carbocycles. The summed E-state index contributed by atoms with van der Waals surface area (Å²) in [5.74, 6) is 0.581. The molecule has 4 fully saturated rings. The third-order valence-electron chi connectivity index (χ3n) is 6.80. The molecule has 2 aliphatic heterocycles. The Morgan fingerprint density at radius 1 is 1.19 bits per heavy atom. The zero-order valence-corrected chi connectivity index (χ0v) is 14.6. The molecule has 2 spiro atoms. The van der Waals surface area contributed by atoms with Crippen molar-refractivity contribution in [1.29, 1.82) is 0 Å². The lowest BCUT2D eigenvalue weighted by atomic mass is 9.77. The van der Waals surface area contributed by atoms with E-state index in [-0.39, 0.29) is 34.5 Å². The Balaban J connectivity index is 1.19. The maximum atomic E-state index is 12.8. The average molecular weight is 357 g/mol. The van der Waals surface area contributed by atoms with Crippen molar-refractivity contribution in [2.24, 2.45) is 22.5 Å². The molecule has 0 radical (unpaired) electrons. The van der Waals surface area contributed by atoms with E-state index in [0.29, 0.717) is 5.82 Å². The molecule has 138 valence electrons. The highest BCUT2D eigenvalue weighted by Crippen LogP contribution is 2.66. The highest BCUT2D eigenvalue weighted by molar-refractivity contribution is 5.91. The Labute approximate surface area is 151 Å². The molecule has 1 aromatic rings. The van der Waals surface area contributed by atoms with Gasteiger partial charge in [0.05, 0.1) is 6.10 Å². The van der Waals surface area contributed by atoms with Gasteiger partial charge in [-0.15, -0.1) is 0 Å². The van der Waals surface area contributed by atoms with Crippen molar-refractivity contribution in [3.8, 4) is 0 Å². The van der Waals surface area contributed by atoms with Crippen molar-refractivity contribution < 1.29 is 14.7 Å². The van der Waals surface area contributed by atoms with Gasteiger partial charge in [-0.05, 0) is 31.1 Å². The minimum Gasteiger partial charge on any atom is -0.393 e. The van der Waals surface area contributed by atoms with Gasteiger partial charge in [-0.25, -0.2) is 9.97 Å². The van der Waals surface area contributed by atoms with E-state index in [9.17, 15) is 14.7 Å². The summed E-state index contributed by atoms with van der Waals surface area (Å²) < 4.78 is 0. The van der Waals surface area contributed by atoms with Crippen LogP contribution in [0.1, 0.15) is 36.2 Å². The van der Waals surface area contributed by atoms with Crippen molar-refractivity contribution in [3.63, 3.8) is 0 Å². The molecule has 2 aliphatic carbocycles. The standard InChI is InChI=1S/C18H23N5O3/c19-15(25)13-3-14(21-10-20-13)23-8-17(9-23)1-2-22(7-17)16(26)12-6-18(12)4-11(24)5-18/h3,10-12,24H,1-2,4-9H2,(H2,19,25). The van der Waals surface area contributed by atoms with Gasteiger partial charge >= 0.3 is 0 Å². The fourth-order valence-corrected chi connectivity index (χ4v) is 5.21. The van der Waals surface area contributed by atoms with Crippen LogP contribution in [-0.2, 0) is 4.79 Å². The first-order valence-corrected chi connectivity index (χ1v) is 9.24. The molecule has 3 N–H and O–H groups in total. The lowest BCUT2D eigenvalue weighted by Crippen LogP contribution is -2.58. The zero-order valence-electron chi connectivity index (χ0n) is 14.6. The summed E-state index contributed by atoms with van der Waals surface area (Å²) in [5, 5.41) is 9.54. The summed E-state index contributed by atoms with van der Waals surface area (Å²) >= 11 is 0. The second-order valence-electron chi connectivity index (χ2n) is 8.67. The number of aliphatic hydroxyl groups excluding tert-OH is 1. The van der Waals surface area contributed by atoms with Gasteiger partial charge in [-0.3, -0.25) is 9.59 Å². The van der Waals surface area contributed by atoms with Gasteiger partial charge in [0.1, 0.15) is 17.8 Å². The number of anilines is 1. The average Bonchev–Trinajstić information content (AvgIpc) is 3.12. The topological polar surface area (TPSA) is 113 Å². The summed E-state index contributed by atoms with van der Waals surface area (Å²) in [7, 11) is 0. The van der Waals surface area contributed by atoms with Crippen LogP contribution in [0.25, 0.3) is 0 Å². The number of amides is 2. The van der Waals surface area contributed by atoms with E-state index < -0.39 is 5.91 Å². The maximum Gasteiger partial charge on any atom is 0.267 e. The van der Waals surface area contributed by atoms with Gasteiger partial charge in [0.2, 0.25) is 5.91 Å². The van der Waals surface area contributed by atoms with Crippen LogP contribution in [0, 0.1) is 16.7 Å². The first kappa shape index (κ1) is 16.0. The molecular formula is C18H23N5O3. The largest absolute Gasteiger partial charge is 0.393 e. The maximum absolute atomic E-state index is 12.8. The molecule has 8 nitrogen and oxygen atoms in total. The number of carbonyl (C=O) groups excluding carboxylic acids is 2. The van der Waals surface area contributed by atoms with E-state index in [1.54, 1.807) is 6.07 Å². The molecule has 2 saturated carbocycles. The van der Waals surface area contributed by atoms with Gasteiger partial charge in [-0.2, -0.15) is 0 Å². The van der Waals surface area contributed by atoms with Crippen LogP contribution in [0.2, 0.25) is 0 Å². The number of likely N-dealkylation sites (tertiary alicyclic amines) is 1. The van der Waals surface area contributed by atoms with Crippen molar-refractivity contribution in [1.82, 2.24) is 14.9 Å². The number of aliphatic hydroxyl groups is 1. The summed E-state index contributed by atoms with van der Waals surface area (Å²) in [6.45, 7) is 3.28. The van der Waals surface area contributed by atoms with Crippen LogP contribution in [0.5, 0.6) is 0 Å². The molecule has 26 heavy (non-hydrogen) atoms. The van der Waals surface area contributed by atoms with Gasteiger partial charge in [-0.1, -0.05) is 0 Å². The molecule has 0 bridgehead atoms. The lowest BCUT2D eigenvalue weighted by molar-refractivity contribution is -0.134. The van der Waals surface area contributed by atoms with Crippen LogP contribution < -0.4 is 10.6 Å². The minimum atomic E-state index is -0.555. The highest BCUT2D eigenvalue weighted by Gasteiger charge is 2.65. The molecule has 3 heterocycles. The second kappa shape index (κ2) is 5.16. The van der Waals surface area contributed by atoms with E-state index in [1.807, 2.05) is 4.90 Å². The van der Waals surface area contributed by atoms with Crippen LogP contribution >= 0.6 is 0 Å². The predicted octanol–water partition coefficient (Wildman–Crippen LogP) is -0.225. The number of aromatic nitrogens is 2. The molecule has 4 aliphatic rings. The minimum absolute atomic E-state index is 0.129. The number of hydrogen-bond donors (Lipinski definition) is 2. The number of carbonyl (C=O) groups is 2. The molecular weight excluding hydrogens is 334 g/mol. The Bertz CT molecular complexity index is 785. The number of rotatable bonds is 3. The predicted molar refractivity (Wildman–Crippen MR) is 92.2 cm³/mol. The van der Waals surface area contributed by atoms with E-state index in [0.717, 1.165) is 51.9 Å². The van der Waals surface area contributed by atoms with Gasteiger partial charge in [0.15, 0.2) is 0 Å². The number of nitrogens with two attached hydrogens (primary N) is 1. The second-order valence-corrected chi connectivity index (χ2v) is 8.67. The molecule has 1 atom stereocenters. The smallest absolute Gasteiger partial charge is 0.267 e. The molecule has 2 amide bonds. The fraction of sp³-hybridized carbons (Fsp3) is 0.667. The zero-order chi connectivity index (χ0) is 18.1. The monoisotopic (exact) mass is 357 g/mol. The lowest BCUT2D eigenvalue weighted by Gasteiger charge is -2.48. The van der Waals surface area contributed by atoms with Crippen molar-refractivity contribution >= 4 is 17.6 Å². The van der Waals surface area contributed by atoms with Crippen molar-refractivity contribution in [2.75, 3.05) is 31.1 Å². The third-order valence-corrected chi connectivity index (χ3v) is 6.80. The van der Waals surface area contributed by atoms with Crippen molar-refractivity contribution in [2.45, 2.75) is 31.8 Å². The Morgan fingerprint density at radius 3 is 2.65 bits per heavy atom. The Kier molecular flexibility index (Phi) is 3.17. The summed E-state index contributed by atoms with van der Waals surface area (Å²) in [5.41, 5.74) is 5.77. The van der Waals surface area contributed by atoms with Gasteiger partial charge < -0.3 is 20.6 Å². The Hall–Kier alpha value is -2.22. The first-order valence-electron chi connectivity index (χ1n) is 9.24. The van der Waals surface area contributed by atoms with E-state index in [4.69, 9.17) is 5.73 Å². The number of nitrogens with zero attached hydrogens (tertiary/aromatic N) is 4. The Morgan fingerprint density at radius 2 is 1.96 bits per heavy atom. The summed E-state index contributed by atoms with van der Waals surface area (Å²) in [6, 6.07) is 1.63. The van der Waals surface area contributed by atoms with E-state index >= 15 is 0 Å². The number of primary amides is 1. The molecule has 8 heteroatoms. The van der Waals surface area contributed by atoms with Crippen LogP contribution in [0.15, 0.2) is 12.4 Å².